The van der Waals surface area contributed by atoms with Crippen molar-refractivity contribution in [3.05, 3.63) is 171 Å². The van der Waals surface area contributed by atoms with E-state index in [0.717, 1.165) is 28.7 Å². The van der Waals surface area contributed by atoms with Gasteiger partial charge in [-0.1, -0.05) is 85.8 Å². The number of halogens is 1. The number of phenolic OH excluding ortho intramolecular Hbond substituents is 1. The van der Waals surface area contributed by atoms with Crippen LogP contribution in [0, 0.1) is 5.82 Å². The molecule has 1 saturated heterocycles. The fourth-order valence-electron chi connectivity index (χ4n) is 7.46. The summed E-state index contributed by atoms with van der Waals surface area (Å²) >= 11 is 0. The van der Waals surface area contributed by atoms with Crippen molar-refractivity contribution >= 4 is 16.7 Å². The zero-order valence-corrected chi connectivity index (χ0v) is 29.8. The Balaban J connectivity index is 0.939. The molecular weight excluding hydrogens is 668 g/mol. The first-order valence-corrected chi connectivity index (χ1v) is 18.2. The fourth-order valence-corrected chi connectivity index (χ4v) is 7.46. The maximum atomic E-state index is 15.0. The highest BCUT2D eigenvalue weighted by molar-refractivity contribution is 5.95. The molecule has 6 aromatic rings. The average molecular weight is 711 g/mol. The van der Waals surface area contributed by atoms with Crippen molar-refractivity contribution in [2.75, 3.05) is 39.3 Å². The number of aromatic nitrogens is 2. The monoisotopic (exact) mass is 710 g/mol. The number of nitrogens with one attached hydrogen (secondary N) is 1. The molecule has 0 spiro atoms. The van der Waals surface area contributed by atoms with Crippen molar-refractivity contribution in [1.29, 1.82) is 0 Å². The van der Waals surface area contributed by atoms with E-state index in [1.807, 2.05) is 42.5 Å². The molecule has 1 aromatic heterocycles. The molecule has 2 atom stereocenters. The predicted octanol–water partition coefficient (Wildman–Crippen LogP) is 7.52. The van der Waals surface area contributed by atoms with Crippen molar-refractivity contribution in [2.45, 2.75) is 31.6 Å². The number of carbonyl (C=O) groups excluding carboxylic acids is 1. The van der Waals surface area contributed by atoms with Crippen LogP contribution in [0.3, 0.4) is 0 Å². The first-order valence-electron chi connectivity index (χ1n) is 18.2. The van der Waals surface area contributed by atoms with Crippen LogP contribution < -0.4 is 10.3 Å². The number of carbonyl (C=O) groups is 1. The summed E-state index contributed by atoms with van der Waals surface area (Å²) in [6, 6.07) is 38.2. The van der Waals surface area contributed by atoms with Gasteiger partial charge in [-0.05, 0) is 77.1 Å². The van der Waals surface area contributed by atoms with Gasteiger partial charge in [0.25, 0.3) is 11.5 Å². The molecule has 53 heavy (non-hydrogen) atoms. The second kappa shape index (κ2) is 16.3. The second-order valence-corrected chi connectivity index (χ2v) is 13.6. The molecule has 0 radical (unpaired) electrons. The summed E-state index contributed by atoms with van der Waals surface area (Å²) in [5, 5.41) is 18.0. The SMILES string of the molecule is CCC(c1ccccc1)C(c1ccc(O)cc1)c1ccc(OCCN2CCN(C(=O)c3cc(Cc4n[nH]c(=O)c5ccccc45)ccc3F)CC2)cc1. The number of fused-ring (bicyclic) bond motifs is 1. The molecule has 2 heterocycles. The third kappa shape index (κ3) is 8.16. The van der Waals surface area contributed by atoms with E-state index in [1.165, 1.54) is 17.2 Å². The van der Waals surface area contributed by atoms with Crippen molar-refractivity contribution < 1.29 is 19.0 Å². The minimum atomic E-state index is -0.556. The van der Waals surface area contributed by atoms with Gasteiger partial charge in [0.15, 0.2) is 0 Å². The molecule has 2 N–H and O–H groups in total. The summed E-state index contributed by atoms with van der Waals surface area (Å²) in [6.07, 6.45) is 1.31. The maximum absolute atomic E-state index is 15.0. The van der Waals surface area contributed by atoms with Gasteiger partial charge in [-0.25, -0.2) is 9.49 Å². The largest absolute Gasteiger partial charge is 0.508 e. The van der Waals surface area contributed by atoms with Crippen molar-refractivity contribution in [1.82, 2.24) is 20.0 Å². The number of rotatable bonds is 12. The number of aromatic hydroxyl groups is 1. The van der Waals surface area contributed by atoms with Crippen LogP contribution in [0.25, 0.3) is 10.8 Å². The highest BCUT2D eigenvalue weighted by atomic mass is 19.1. The van der Waals surface area contributed by atoms with Gasteiger partial charge in [-0.3, -0.25) is 14.5 Å². The minimum Gasteiger partial charge on any atom is -0.508 e. The normalized spacial score (nSPS) is 14.6. The molecule has 5 aromatic carbocycles. The van der Waals surface area contributed by atoms with Crippen LogP contribution in [0.4, 0.5) is 4.39 Å². The number of hydrogen-bond donors (Lipinski definition) is 2. The molecule has 9 heteroatoms. The molecule has 0 saturated carbocycles. The predicted molar refractivity (Wildman–Crippen MR) is 205 cm³/mol. The topological polar surface area (TPSA) is 98.8 Å². The standard InChI is InChI=1S/C44H43FN4O4/c1-2-36(31-8-4-3-5-9-31)42(32-13-17-34(50)18-14-32)33-15-19-35(20-16-33)53-27-26-48-22-24-49(25-23-48)44(52)39-28-30(12-21-40(39)45)29-41-37-10-6-7-11-38(37)43(51)47-46-41/h3-21,28,36,42,50H,2,22-27,29H2,1H3,(H,47,51). The fraction of sp³-hybridized carbons (Fsp3) is 0.250. The van der Waals surface area contributed by atoms with Gasteiger partial charge >= 0.3 is 0 Å². The first kappa shape index (κ1) is 35.6. The van der Waals surface area contributed by atoms with E-state index < -0.39 is 5.82 Å². The first-order chi connectivity index (χ1) is 25.9. The Morgan fingerprint density at radius 3 is 2.19 bits per heavy atom. The van der Waals surface area contributed by atoms with Gasteiger partial charge in [0.2, 0.25) is 0 Å². The summed E-state index contributed by atoms with van der Waals surface area (Å²) < 4.78 is 21.1. The zero-order chi connectivity index (χ0) is 36.7. The molecular formula is C44H43FN4O4. The zero-order valence-electron chi connectivity index (χ0n) is 29.8. The van der Waals surface area contributed by atoms with Crippen LogP contribution in [0.5, 0.6) is 11.5 Å². The van der Waals surface area contributed by atoms with E-state index >= 15 is 0 Å². The molecule has 8 nitrogen and oxygen atoms in total. The van der Waals surface area contributed by atoms with E-state index in [2.05, 4.69) is 58.4 Å². The number of nitrogens with zero attached hydrogens (tertiary/aromatic N) is 3. The number of hydrogen-bond acceptors (Lipinski definition) is 6. The van der Waals surface area contributed by atoms with Crippen LogP contribution in [-0.4, -0.2) is 70.3 Å². The smallest absolute Gasteiger partial charge is 0.272 e. The van der Waals surface area contributed by atoms with E-state index in [9.17, 15) is 19.1 Å². The van der Waals surface area contributed by atoms with E-state index in [0.29, 0.717) is 56.8 Å². The van der Waals surface area contributed by atoms with Crippen LogP contribution in [0.15, 0.2) is 126 Å². The van der Waals surface area contributed by atoms with Gasteiger partial charge < -0.3 is 14.7 Å². The summed E-state index contributed by atoms with van der Waals surface area (Å²) in [4.78, 5) is 29.6. The number of phenols is 1. The number of amides is 1. The van der Waals surface area contributed by atoms with Crippen LogP contribution in [0.2, 0.25) is 0 Å². The lowest BCUT2D eigenvalue weighted by Crippen LogP contribution is -2.49. The lowest BCUT2D eigenvalue weighted by Gasteiger charge is -2.34. The number of ether oxygens (including phenoxy) is 1. The van der Waals surface area contributed by atoms with Gasteiger partial charge in [0.05, 0.1) is 16.6 Å². The Morgan fingerprint density at radius 2 is 1.49 bits per heavy atom. The molecule has 1 aliphatic rings. The molecule has 0 bridgehead atoms. The second-order valence-electron chi connectivity index (χ2n) is 13.6. The quantitative estimate of drug-likeness (QED) is 0.136. The Kier molecular flexibility index (Phi) is 10.9. The Hall–Kier alpha value is -5.80. The minimum absolute atomic E-state index is 0.0399. The van der Waals surface area contributed by atoms with Crippen LogP contribution >= 0.6 is 0 Å². The van der Waals surface area contributed by atoms with Gasteiger partial charge in [-0.2, -0.15) is 5.10 Å². The van der Waals surface area contributed by atoms with Crippen molar-refractivity contribution in [3.63, 3.8) is 0 Å². The Bertz CT molecular complexity index is 2220. The number of H-pyrrole nitrogens is 1. The highest BCUT2D eigenvalue weighted by Crippen LogP contribution is 2.41. The highest BCUT2D eigenvalue weighted by Gasteiger charge is 2.27. The average Bonchev–Trinajstić information content (AvgIpc) is 3.20. The summed E-state index contributed by atoms with van der Waals surface area (Å²) in [5.74, 6) is 0.532. The molecule has 2 unspecified atom stereocenters. The Labute approximate surface area is 308 Å². The third-order valence-electron chi connectivity index (χ3n) is 10.3. The lowest BCUT2D eigenvalue weighted by molar-refractivity contribution is 0.0615. The van der Waals surface area contributed by atoms with Crippen molar-refractivity contribution in [3.8, 4) is 11.5 Å². The van der Waals surface area contributed by atoms with Crippen LogP contribution in [-0.2, 0) is 6.42 Å². The van der Waals surface area contributed by atoms with E-state index in [4.69, 9.17) is 4.74 Å². The molecule has 1 aliphatic heterocycles. The van der Waals surface area contributed by atoms with E-state index in [-0.39, 0.29) is 34.6 Å². The lowest BCUT2D eigenvalue weighted by atomic mass is 9.76. The maximum Gasteiger partial charge on any atom is 0.272 e. The summed E-state index contributed by atoms with van der Waals surface area (Å²) in [5.41, 5.74) is 4.78. The summed E-state index contributed by atoms with van der Waals surface area (Å²) in [7, 11) is 0. The number of piperazine rings is 1. The van der Waals surface area contributed by atoms with Crippen molar-refractivity contribution in [2.24, 2.45) is 0 Å². The number of benzene rings is 5. The van der Waals surface area contributed by atoms with Gasteiger partial charge in [0, 0.05) is 50.4 Å². The molecule has 0 aliphatic carbocycles. The molecule has 270 valence electrons. The third-order valence-corrected chi connectivity index (χ3v) is 10.3. The van der Waals surface area contributed by atoms with Gasteiger partial charge in [-0.15, -0.1) is 0 Å². The molecule has 1 fully saturated rings. The van der Waals surface area contributed by atoms with Crippen LogP contribution in [0.1, 0.15) is 63.5 Å². The molecule has 7 rings (SSSR count). The summed E-state index contributed by atoms with van der Waals surface area (Å²) in [6.45, 7) is 5.72. The Morgan fingerprint density at radius 1 is 0.830 bits per heavy atom. The van der Waals surface area contributed by atoms with Gasteiger partial charge in [0.1, 0.15) is 23.9 Å². The molecule has 1 amide bonds. The van der Waals surface area contributed by atoms with E-state index in [1.54, 1.807) is 41.3 Å². The number of aromatic amines is 1.